The van der Waals surface area contributed by atoms with Crippen LogP contribution in [-0.2, 0) is 9.59 Å². The summed E-state index contributed by atoms with van der Waals surface area (Å²) in [4.78, 5) is 19.9. The lowest BCUT2D eigenvalue weighted by atomic mass is 10.2. The molecule has 88 valence electrons. The quantitative estimate of drug-likeness (QED) is 0.536. The van der Waals surface area contributed by atoms with Crippen LogP contribution < -0.4 is 0 Å². The third-order valence-electron chi connectivity index (χ3n) is 1.39. The Labute approximate surface area is 94.9 Å². The molecule has 2 N–H and O–H groups in total. The summed E-state index contributed by atoms with van der Waals surface area (Å²) in [5, 5.41) is 16.3. The molecule has 0 rings (SSSR count). The van der Waals surface area contributed by atoms with Crippen molar-refractivity contribution in [3.05, 3.63) is 49.6 Å². The van der Waals surface area contributed by atoms with Crippen molar-refractivity contribution in [1.82, 2.24) is 0 Å². The molecule has 0 aliphatic rings. The summed E-state index contributed by atoms with van der Waals surface area (Å²) in [5.41, 5.74) is 0.361. The number of carbonyl (C=O) groups is 2. The smallest absolute Gasteiger partial charge is 0.331 e. The molecule has 4 nitrogen and oxygen atoms in total. The van der Waals surface area contributed by atoms with Gasteiger partial charge in [0.2, 0.25) is 0 Å². The van der Waals surface area contributed by atoms with Crippen LogP contribution in [0.15, 0.2) is 49.6 Å². The predicted molar refractivity (Wildman–Crippen MR) is 63.2 cm³/mol. The van der Waals surface area contributed by atoms with E-state index in [2.05, 4.69) is 26.3 Å². The van der Waals surface area contributed by atoms with Gasteiger partial charge in [-0.05, 0) is 12.8 Å². The predicted octanol–water partition coefficient (Wildman–Crippen LogP) is 2.41. The molecular formula is C12H16O4. The highest BCUT2D eigenvalue weighted by Gasteiger charge is 1.98. The number of rotatable bonds is 6. The number of aliphatic carboxylic acids is 2. The van der Waals surface area contributed by atoms with Crippen molar-refractivity contribution in [1.29, 1.82) is 0 Å². The van der Waals surface area contributed by atoms with Crippen LogP contribution in [0.4, 0.5) is 0 Å². The van der Waals surface area contributed by atoms with Gasteiger partial charge in [0.25, 0.3) is 0 Å². The molecule has 0 aliphatic heterocycles. The molecule has 16 heavy (non-hydrogen) atoms. The van der Waals surface area contributed by atoms with E-state index in [0.717, 1.165) is 0 Å². The zero-order valence-corrected chi connectivity index (χ0v) is 9.11. The maximum atomic E-state index is 9.94. The van der Waals surface area contributed by atoms with Gasteiger partial charge >= 0.3 is 11.9 Å². The Morgan fingerprint density at radius 1 is 0.875 bits per heavy atom. The van der Waals surface area contributed by atoms with Crippen molar-refractivity contribution in [3.63, 3.8) is 0 Å². The summed E-state index contributed by atoms with van der Waals surface area (Å²) in [6.07, 6.45) is 3.73. The zero-order chi connectivity index (χ0) is 13.1. The molecule has 0 atom stereocenters. The summed E-state index contributed by atoms with van der Waals surface area (Å²) in [6.45, 7) is 13.3. The van der Waals surface area contributed by atoms with Crippen LogP contribution in [0.1, 0.15) is 12.8 Å². The summed E-state index contributed by atoms with van der Waals surface area (Å²) in [6, 6.07) is 0. The molecule has 0 bridgehead atoms. The summed E-state index contributed by atoms with van der Waals surface area (Å²) < 4.78 is 0. The molecule has 0 saturated heterocycles. The standard InChI is InChI=1S/2C6H8O2/c2*1-3-4-5(2)6(7)8/h2*3H,1-2,4H2,(H,7,8). The van der Waals surface area contributed by atoms with Crippen LogP contribution >= 0.6 is 0 Å². The minimum absolute atomic E-state index is 0.181. The second-order valence-corrected chi connectivity index (χ2v) is 2.80. The topological polar surface area (TPSA) is 74.6 Å². The molecule has 0 amide bonds. The fourth-order valence-corrected chi connectivity index (χ4v) is 0.523. The minimum atomic E-state index is -0.954. The highest BCUT2D eigenvalue weighted by atomic mass is 16.4. The van der Waals surface area contributed by atoms with Crippen LogP contribution in [0.25, 0.3) is 0 Å². The van der Waals surface area contributed by atoms with E-state index in [9.17, 15) is 9.59 Å². The third-order valence-corrected chi connectivity index (χ3v) is 1.39. The maximum Gasteiger partial charge on any atom is 0.331 e. The lowest BCUT2D eigenvalue weighted by molar-refractivity contribution is -0.133. The Kier molecular flexibility index (Phi) is 9.65. The normalized spacial score (nSPS) is 8.00. The Morgan fingerprint density at radius 3 is 1.19 bits per heavy atom. The molecule has 0 heterocycles. The van der Waals surface area contributed by atoms with Gasteiger partial charge in [0.15, 0.2) is 0 Å². The molecule has 0 aromatic carbocycles. The Bertz CT molecular complexity index is 281. The second-order valence-electron chi connectivity index (χ2n) is 2.80. The third kappa shape index (κ3) is 9.98. The highest BCUT2D eigenvalue weighted by molar-refractivity contribution is 5.86. The monoisotopic (exact) mass is 224 g/mol. The average molecular weight is 224 g/mol. The van der Waals surface area contributed by atoms with Crippen molar-refractivity contribution < 1.29 is 19.8 Å². The average Bonchev–Trinajstić information content (AvgIpc) is 2.19. The summed E-state index contributed by atoms with van der Waals surface area (Å²) >= 11 is 0. The molecule has 0 aromatic rings. The number of carboxylic acid groups (broad SMARTS) is 2. The van der Waals surface area contributed by atoms with Gasteiger partial charge in [0.05, 0.1) is 0 Å². The molecule has 0 radical (unpaired) electrons. The van der Waals surface area contributed by atoms with Gasteiger partial charge in [-0.3, -0.25) is 0 Å². The van der Waals surface area contributed by atoms with Crippen molar-refractivity contribution in [2.45, 2.75) is 12.8 Å². The van der Waals surface area contributed by atoms with Gasteiger partial charge in [-0.15, -0.1) is 13.2 Å². The van der Waals surface area contributed by atoms with Crippen molar-refractivity contribution in [3.8, 4) is 0 Å². The zero-order valence-electron chi connectivity index (χ0n) is 9.11. The van der Waals surface area contributed by atoms with Crippen LogP contribution in [0.5, 0.6) is 0 Å². The Balaban J connectivity index is 0. The number of carboxylic acids is 2. The lowest BCUT2D eigenvalue weighted by Crippen LogP contribution is -1.96. The van der Waals surface area contributed by atoms with Crippen LogP contribution in [-0.4, -0.2) is 22.2 Å². The van der Waals surface area contributed by atoms with Crippen molar-refractivity contribution in [2.75, 3.05) is 0 Å². The van der Waals surface area contributed by atoms with Crippen molar-refractivity contribution >= 4 is 11.9 Å². The van der Waals surface area contributed by atoms with Gasteiger partial charge in [-0.1, -0.05) is 25.3 Å². The highest BCUT2D eigenvalue weighted by Crippen LogP contribution is 1.96. The first-order valence-electron chi connectivity index (χ1n) is 4.40. The molecule has 0 aromatic heterocycles. The van der Waals surface area contributed by atoms with E-state index < -0.39 is 11.9 Å². The largest absolute Gasteiger partial charge is 0.478 e. The molecule has 0 saturated carbocycles. The van der Waals surface area contributed by atoms with Crippen molar-refractivity contribution in [2.24, 2.45) is 0 Å². The number of allylic oxidation sites excluding steroid dienone is 2. The van der Waals surface area contributed by atoms with Gasteiger partial charge in [-0.25, -0.2) is 9.59 Å². The summed E-state index contributed by atoms with van der Waals surface area (Å²) in [7, 11) is 0. The van der Waals surface area contributed by atoms with E-state index in [1.54, 1.807) is 0 Å². The molecule has 0 unspecified atom stereocenters. The van der Waals surface area contributed by atoms with E-state index in [1.165, 1.54) is 12.2 Å². The second kappa shape index (κ2) is 9.45. The Morgan fingerprint density at radius 2 is 1.12 bits per heavy atom. The first-order chi connectivity index (χ1) is 7.36. The summed E-state index contributed by atoms with van der Waals surface area (Å²) in [5.74, 6) is -1.91. The van der Waals surface area contributed by atoms with Gasteiger partial charge in [0.1, 0.15) is 0 Å². The van der Waals surface area contributed by atoms with E-state index in [-0.39, 0.29) is 11.1 Å². The SMILES string of the molecule is C=CCC(=C)C(=O)O.C=CCC(=C)C(=O)O. The molecule has 0 spiro atoms. The molecule has 0 fully saturated rings. The Hall–Kier alpha value is -2.10. The first-order valence-corrected chi connectivity index (χ1v) is 4.40. The van der Waals surface area contributed by atoms with Crippen LogP contribution in [0, 0.1) is 0 Å². The van der Waals surface area contributed by atoms with E-state index in [1.807, 2.05) is 0 Å². The van der Waals surface area contributed by atoms with Crippen LogP contribution in [0.3, 0.4) is 0 Å². The molecule has 4 heteroatoms. The maximum absolute atomic E-state index is 9.94. The minimum Gasteiger partial charge on any atom is -0.478 e. The van der Waals surface area contributed by atoms with Gasteiger partial charge in [0, 0.05) is 11.1 Å². The lowest BCUT2D eigenvalue weighted by Gasteiger charge is -1.89. The number of hydrogen-bond donors (Lipinski definition) is 2. The van der Waals surface area contributed by atoms with Gasteiger partial charge in [-0.2, -0.15) is 0 Å². The van der Waals surface area contributed by atoms with E-state index >= 15 is 0 Å². The fourth-order valence-electron chi connectivity index (χ4n) is 0.523. The van der Waals surface area contributed by atoms with Gasteiger partial charge < -0.3 is 10.2 Å². The molecule has 0 aliphatic carbocycles. The fraction of sp³-hybridized carbons (Fsp3) is 0.167. The molecular weight excluding hydrogens is 208 g/mol. The van der Waals surface area contributed by atoms with E-state index in [0.29, 0.717) is 12.8 Å². The number of hydrogen-bond acceptors (Lipinski definition) is 2. The van der Waals surface area contributed by atoms with E-state index in [4.69, 9.17) is 10.2 Å². The first kappa shape index (κ1) is 16.3. The van der Waals surface area contributed by atoms with Crippen LogP contribution in [0.2, 0.25) is 0 Å².